The second-order valence-electron chi connectivity index (χ2n) is 4.43. The lowest BCUT2D eigenvalue weighted by Gasteiger charge is -2.14. The van der Waals surface area contributed by atoms with Gasteiger partial charge in [-0.15, -0.1) is 0 Å². The Morgan fingerprint density at radius 2 is 2.10 bits per heavy atom. The number of hydrogen-bond donors (Lipinski definition) is 2. The number of methoxy groups -OCH3 is 1. The quantitative estimate of drug-likeness (QED) is 0.875. The fourth-order valence-electron chi connectivity index (χ4n) is 1.83. The van der Waals surface area contributed by atoms with Crippen molar-refractivity contribution >= 4 is 0 Å². The summed E-state index contributed by atoms with van der Waals surface area (Å²) < 4.78 is 11.1. The maximum absolute atomic E-state index is 9.13. The molecule has 106 valence electrons. The average Bonchev–Trinajstić information content (AvgIpc) is 2.48. The van der Waals surface area contributed by atoms with E-state index in [-0.39, 0.29) is 12.6 Å². The first-order valence-corrected chi connectivity index (χ1v) is 6.31. The smallest absolute Gasteiger partial charge is 0.224 e. The van der Waals surface area contributed by atoms with Crippen LogP contribution in [0.4, 0.5) is 0 Å². The van der Waals surface area contributed by atoms with Crippen molar-refractivity contribution in [1.29, 1.82) is 0 Å². The summed E-state index contributed by atoms with van der Waals surface area (Å²) in [7, 11) is 1.55. The largest absolute Gasteiger partial charge is 0.493 e. The number of hydrogen-bond acceptors (Lipinski definition) is 5. The lowest BCUT2D eigenvalue weighted by molar-refractivity contribution is 0.280. The van der Waals surface area contributed by atoms with Crippen LogP contribution < -0.4 is 15.2 Å². The Hall–Kier alpha value is -2.11. The summed E-state index contributed by atoms with van der Waals surface area (Å²) in [5.74, 6) is 1.53. The molecule has 1 unspecified atom stereocenters. The van der Waals surface area contributed by atoms with E-state index in [0.29, 0.717) is 17.4 Å². The van der Waals surface area contributed by atoms with Crippen LogP contribution in [0.2, 0.25) is 0 Å². The van der Waals surface area contributed by atoms with Gasteiger partial charge in [-0.25, -0.2) is 4.98 Å². The van der Waals surface area contributed by atoms with Gasteiger partial charge in [0.05, 0.1) is 13.7 Å². The van der Waals surface area contributed by atoms with Crippen LogP contribution in [-0.4, -0.2) is 17.2 Å². The fraction of sp³-hybridized carbons (Fsp3) is 0.267. The van der Waals surface area contributed by atoms with Gasteiger partial charge >= 0.3 is 0 Å². The van der Waals surface area contributed by atoms with E-state index < -0.39 is 0 Å². The van der Waals surface area contributed by atoms with E-state index in [1.807, 2.05) is 19.1 Å². The number of aromatic nitrogens is 1. The molecule has 1 aromatic carbocycles. The molecule has 0 aliphatic heterocycles. The van der Waals surface area contributed by atoms with E-state index >= 15 is 0 Å². The summed E-state index contributed by atoms with van der Waals surface area (Å²) in [6.07, 6.45) is 1.65. The maximum atomic E-state index is 9.13. The van der Waals surface area contributed by atoms with E-state index in [0.717, 1.165) is 11.1 Å². The second-order valence-corrected chi connectivity index (χ2v) is 4.43. The van der Waals surface area contributed by atoms with Crippen molar-refractivity contribution < 1.29 is 14.6 Å². The molecule has 3 N–H and O–H groups in total. The van der Waals surface area contributed by atoms with Crippen LogP contribution in [0.25, 0.3) is 0 Å². The number of aliphatic hydroxyl groups is 1. The van der Waals surface area contributed by atoms with E-state index in [1.54, 1.807) is 31.5 Å². The van der Waals surface area contributed by atoms with Gasteiger partial charge in [0.2, 0.25) is 5.88 Å². The van der Waals surface area contributed by atoms with Crippen molar-refractivity contribution in [3.8, 4) is 17.4 Å². The van der Waals surface area contributed by atoms with Gasteiger partial charge in [0.1, 0.15) is 0 Å². The second kappa shape index (κ2) is 6.36. The highest BCUT2D eigenvalue weighted by Crippen LogP contribution is 2.33. The predicted molar refractivity (Wildman–Crippen MR) is 75.8 cm³/mol. The number of pyridine rings is 1. The lowest BCUT2D eigenvalue weighted by Crippen LogP contribution is -2.07. The molecule has 0 spiro atoms. The molecular weight excluding hydrogens is 256 g/mol. The van der Waals surface area contributed by atoms with Crippen LogP contribution in [0.1, 0.15) is 24.1 Å². The van der Waals surface area contributed by atoms with Crippen molar-refractivity contribution in [3.05, 3.63) is 47.7 Å². The predicted octanol–water partition coefficient (Wildman–Crippen LogP) is 2.39. The molecule has 1 atom stereocenters. The van der Waals surface area contributed by atoms with Crippen molar-refractivity contribution in [3.63, 3.8) is 0 Å². The lowest BCUT2D eigenvalue weighted by atomic mass is 10.1. The Labute approximate surface area is 118 Å². The molecule has 0 aliphatic carbocycles. The standard InChI is InChI=1S/C15H18N2O3/c1-10(16)12-4-3-7-17-15(12)20-13-6-5-11(9-18)8-14(13)19-2/h3-8,10,18H,9,16H2,1-2H3. The highest BCUT2D eigenvalue weighted by molar-refractivity contribution is 5.45. The molecule has 5 nitrogen and oxygen atoms in total. The van der Waals surface area contributed by atoms with Crippen LogP contribution in [0, 0.1) is 0 Å². The molecule has 20 heavy (non-hydrogen) atoms. The van der Waals surface area contributed by atoms with E-state index in [1.165, 1.54) is 0 Å². The number of aliphatic hydroxyl groups excluding tert-OH is 1. The Morgan fingerprint density at radius 1 is 1.30 bits per heavy atom. The summed E-state index contributed by atoms with van der Waals surface area (Å²) in [6, 6.07) is 8.75. The van der Waals surface area contributed by atoms with Gasteiger partial charge in [-0.2, -0.15) is 0 Å². The molecule has 2 rings (SSSR count). The highest BCUT2D eigenvalue weighted by atomic mass is 16.5. The Kier molecular flexibility index (Phi) is 4.55. The number of nitrogens with zero attached hydrogens (tertiary/aromatic N) is 1. The summed E-state index contributed by atoms with van der Waals surface area (Å²) in [4.78, 5) is 4.21. The molecule has 0 bridgehead atoms. The highest BCUT2D eigenvalue weighted by Gasteiger charge is 2.13. The van der Waals surface area contributed by atoms with Crippen molar-refractivity contribution in [2.24, 2.45) is 5.73 Å². The van der Waals surface area contributed by atoms with E-state index in [4.69, 9.17) is 20.3 Å². The minimum Gasteiger partial charge on any atom is -0.493 e. The maximum Gasteiger partial charge on any atom is 0.224 e. The zero-order valence-electron chi connectivity index (χ0n) is 11.5. The minimum atomic E-state index is -0.179. The number of benzene rings is 1. The molecule has 0 radical (unpaired) electrons. The molecule has 0 amide bonds. The number of rotatable bonds is 5. The SMILES string of the molecule is COc1cc(CO)ccc1Oc1ncccc1C(C)N. The Balaban J connectivity index is 2.35. The normalized spacial score (nSPS) is 12.0. The third-order valence-corrected chi connectivity index (χ3v) is 2.91. The summed E-state index contributed by atoms with van der Waals surface area (Å²) in [5.41, 5.74) is 7.47. The molecule has 0 aliphatic rings. The Morgan fingerprint density at radius 3 is 2.75 bits per heavy atom. The van der Waals surface area contributed by atoms with Crippen LogP contribution in [-0.2, 0) is 6.61 Å². The molecule has 0 fully saturated rings. The zero-order valence-corrected chi connectivity index (χ0v) is 11.5. The summed E-state index contributed by atoms with van der Waals surface area (Å²) in [5, 5.41) is 9.13. The van der Waals surface area contributed by atoms with Crippen LogP contribution in [0.5, 0.6) is 17.4 Å². The van der Waals surface area contributed by atoms with Gasteiger partial charge in [-0.3, -0.25) is 0 Å². The first kappa shape index (κ1) is 14.3. The van der Waals surface area contributed by atoms with Crippen molar-refractivity contribution in [2.45, 2.75) is 19.6 Å². The van der Waals surface area contributed by atoms with E-state index in [2.05, 4.69) is 4.98 Å². The third kappa shape index (κ3) is 3.07. The van der Waals surface area contributed by atoms with Crippen LogP contribution in [0.3, 0.4) is 0 Å². The van der Waals surface area contributed by atoms with Gasteiger partial charge < -0.3 is 20.3 Å². The number of ether oxygens (including phenoxy) is 2. The first-order chi connectivity index (χ1) is 9.65. The third-order valence-electron chi connectivity index (χ3n) is 2.91. The van der Waals surface area contributed by atoms with Gasteiger partial charge in [0.15, 0.2) is 11.5 Å². The Bertz CT molecular complexity index is 585. The number of nitrogens with two attached hydrogens (primary N) is 1. The van der Waals surface area contributed by atoms with Crippen molar-refractivity contribution in [1.82, 2.24) is 4.98 Å². The average molecular weight is 274 g/mol. The summed E-state index contributed by atoms with van der Waals surface area (Å²) in [6.45, 7) is 1.82. The summed E-state index contributed by atoms with van der Waals surface area (Å²) >= 11 is 0. The van der Waals surface area contributed by atoms with Gasteiger partial charge in [-0.05, 0) is 30.7 Å². The molecular formula is C15H18N2O3. The molecule has 1 heterocycles. The van der Waals surface area contributed by atoms with E-state index in [9.17, 15) is 0 Å². The molecule has 0 saturated carbocycles. The molecule has 5 heteroatoms. The van der Waals surface area contributed by atoms with Crippen molar-refractivity contribution in [2.75, 3.05) is 7.11 Å². The zero-order chi connectivity index (χ0) is 14.5. The van der Waals surface area contributed by atoms with Gasteiger partial charge in [0.25, 0.3) is 0 Å². The monoisotopic (exact) mass is 274 g/mol. The molecule has 0 saturated heterocycles. The van der Waals surface area contributed by atoms with Gasteiger partial charge in [0, 0.05) is 17.8 Å². The van der Waals surface area contributed by atoms with Crippen LogP contribution in [0.15, 0.2) is 36.5 Å². The van der Waals surface area contributed by atoms with Gasteiger partial charge in [-0.1, -0.05) is 12.1 Å². The van der Waals surface area contributed by atoms with Crippen LogP contribution >= 0.6 is 0 Å². The molecule has 2 aromatic rings. The first-order valence-electron chi connectivity index (χ1n) is 6.31. The minimum absolute atomic E-state index is 0.0503. The topological polar surface area (TPSA) is 77.6 Å². The molecule has 1 aromatic heterocycles. The fourth-order valence-corrected chi connectivity index (χ4v) is 1.83.